The highest BCUT2D eigenvalue weighted by Crippen LogP contribution is 2.16. The van der Waals surface area contributed by atoms with Crippen LogP contribution in [0, 0.1) is 0 Å². The van der Waals surface area contributed by atoms with Crippen LogP contribution in [0.25, 0.3) is 0 Å². The summed E-state index contributed by atoms with van der Waals surface area (Å²) >= 11 is 5.30. The van der Waals surface area contributed by atoms with Crippen molar-refractivity contribution in [3.63, 3.8) is 0 Å². The third-order valence-electron chi connectivity index (χ3n) is 2.95. The lowest BCUT2D eigenvalue weighted by atomic mass is 10.3. The molecule has 0 bridgehead atoms. The first-order valence-electron chi connectivity index (χ1n) is 7.07. The van der Waals surface area contributed by atoms with Crippen molar-refractivity contribution in [2.24, 2.45) is 0 Å². The predicted octanol–water partition coefficient (Wildman–Crippen LogP) is 3.45. The second-order valence-corrected chi connectivity index (χ2v) is 5.26. The number of nitrogens with one attached hydrogen (secondary N) is 2. The van der Waals surface area contributed by atoms with Gasteiger partial charge in [-0.25, -0.2) is 0 Å². The Morgan fingerprint density at radius 3 is 2.55 bits per heavy atom. The van der Waals surface area contributed by atoms with Crippen LogP contribution in [-0.2, 0) is 0 Å². The summed E-state index contributed by atoms with van der Waals surface area (Å²) in [6.07, 6.45) is 0. The number of thiocarbonyl (C=S) groups is 1. The highest BCUT2D eigenvalue weighted by molar-refractivity contribution is 7.80. The SMILES string of the molecule is COc1cccc(NC(=S)N[C@H](C)COc2ccccc2)c1. The van der Waals surface area contributed by atoms with Crippen LogP contribution in [-0.4, -0.2) is 24.9 Å². The quantitative estimate of drug-likeness (QED) is 0.799. The molecule has 2 aromatic carbocycles. The van der Waals surface area contributed by atoms with Gasteiger partial charge in [0.05, 0.1) is 13.2 Å². The lowest BCUT2D eigenvalue weighted by molar-refractivity contribution is 0.287. The largest absolute Gasteiger partial charge is 0.497 e. The van der Waals surface area contributed by atoms with Crippen molar-refractivity contribution in [3.05, 3.63) is 54.6 Å². The van der Waals surface area contributed by atoms with Gasteiger partial charge in [0.25, 0.3) is 0 Å². The maximum Gasteiger partial charge on any atom is 0.171 e. The molecule has 0 heterocycles. The third-order valence-corrected chi connectivity index (χ3v) is 3.17. The summed E-state index contributed by atoms with van der Waals surface area (Å²) in [5, 5.41) is 6.87. The maximum absolute atomic E-state index is 5.69. The number of benzene rings is 2. The Bertz CT molecular complexity index is 605. The van der Waals surface area contributed by atoms with E-state index in [-0.39, 0.29) is 6.04 Å². The molecule has 0 radical (unpaired) electrons. The number of hydrogen-bond acceptors (Lipinski definition) is 3. The Labute approximate surface area is 136 Å². The minimum Gasteiger partial charge on any atom is -0.497 e. The van der Waals surface area contributed by atoms with Crippen LogP contribution in [0.5, 0.6) is 11.5 Å². The number of rotatable bonds is 6. The van der Waals surface area contributed by atoms with Crippen LogP contribution >= 0.6 is 12.2 Å². The van der Waals surface area contributed by atoms with Gasteiger partial charge in [-0.15, -0.1) is 0 Å². The number of hydrogen-bond donors (Lipinski definition) is 2. The summed E-state index contributed by atoms with van der Waals surface area (Å²) in [5.74, 6) is 1.64. The minimum absolute atomic E-state index is 0.0887. The van der Waals surface area contributed by atoms with Crippen molar-refractivity contribution in [1.29, 1.82) is 0 Å². The van der Waals surface area contributed by atoms with E-state index in [1.807, 2.05) is 61.5 Å². The molecule has 4 nitrogen and oxygen atoms in total. The van der Waals surface area contributed by atoms with E-state index in [0.29, 0.717) is 11.7 Å². The molecule has 0 saturated heterocycles. The summed E-state index contributed by atoms with van der Waals surface area (Å²) < 4.78 is 10.9. The summed E-state index contributed by atoms with van der Waals surface area (Å²) in [7, 11) is 1.64. The van der Waals surface area contributed by atoms with E-state index in [9.17, 15) is 0 Å². The van der Waals surface area contributed by atoms with Crippen LogP contribution in [0.2, 0.25) is 0 Å². The molecule has 22 heavy (non-hydrogen) atoms. The molecule has 2 rings (SSSR count). The average Bonchev–Trinajstić information content (AvgIpc) is 2.54. The van der Waals surface area contributed by atoms with E-state index < -0.39 is 0 Å². The van der Waals surface area contributed by atoms with Crippen LogP contribution in [0.15, 0.2) is 54.6 Å². The zero-order valence-electron chi connectivity index (χ0n) is 12.7. The Morgan fingerprint density at radius 2 is 1.82 bits per heavy atom. The molecule has 0 spiro atoms. The van der Waals surface area contributed by atoms with E-state index in [0.717, 1.165) is 17.2 Å². The highest BCUT2D eigenvalue weighted by Gasteiger charge is 2.06. The van der Waals surface area contributed by atoms with Crippen molar-refractivity contribution >= 4 is 23.0 Å². The van der Waals surface area contributed by atoms with E-state index >= 15 is 0 Å². The first-order valence-corrected chi connectivity index (χ1v) is 7.47. The van der Waals surface area contributed by atoms with Crippen molar-refractivity contribution in [2.75, 3.05) is 19.0 Å². The summed E-state index contributed by atoms with van der Waals surface area (Å²) in [6, 6.07) is 17.4. The molecule has 5 heteroatoms. The van der Waals surface area contributed by atoms with Crippen molar-refractivity contribution in [3.8, 4) is 11.5 Å². The molecule has 0 aliphatic heterocycles. The summed E-state index contributed by atoms with van der Waals surface area (Å²) in [4.78, 5) is 0. The second kappa shape index (κ2) is 8.24. The fourth-order valence-corrected chi connectivity index (χ4v) is 2.19. The zero-order chi connectivity index (χ0) is 15.8. The maximum atomic E-state index is 5.69. The van der Waals surface area contributed by atoms with Gasteiger partial charge in [-0.3, -0.25) is 0 Å². The first-order chi connectivity index (χ1) is 10.7. The lowest BCUT2D eigenvalue weighted by Gasteiger charge is -2.18. The monoisotopic (exact) mass is 316 g/mol. The Morgan fingerprint density at radius 1 is 1.09 bits per heavy atom. The fraction of sp³-hybridized carbons (Fsp3) is 0.235. The smallest absolute Gasteiger partial charge is 0.171 e. The number of anilines is 1. The summed E-state index contributed by atoms with van der Waals surface area (Å²) in [6.45, 7) is 2.55. The molecule has 2 N–H and O–H groups in total. The van der Waals surface area contributed by atoms with Gasteiger partial charge in [-0.1, -0.05) is 24.3 Å². The number of para-hydroxylation sites is 1. The number of ether oxygens (including phenoxy) is 2. The molecular weight excluding hydrogens is 296 g/mol. The predicted molar refractivity (Wildman–Crippen MR) is 93.7 cm³/mol. The third kappa shape index (κ3) is 5.26. The van der Waals surface area contributed by atoms with E-state index in [1.165, 1.54) is 0 Å². The summed E-state index contributed by atoms with van der Waals surface area (Å²) in [5.41, 5.74) is 0.882. The van der Waals surface area contributed by atoms with Gasteiger partial charge in [-0.2, -0.15) is 0 Å². The van der Waals surface area contributed by atoms with Gasteiger partial charge in [0.15, 0.2) is 5.11 Å². The lowest BCUT2D eigenvalue weighted by Crippen LogP contribution is -2.39. The molecule has 1 atom stereocenters. The average molecular weight is 316 g/mol. The zero-order valence-corrected chi connectivity index (χ0v) is 13.5. The van der Waals surface area contributed by atoms with E-state index in [2.05, 4.69) is 10.6 Å². The Balaban J connectivity index is 1.78. The molecule has 116 valence electrons. The first kappa shape index (κ1) is 16.1. The van der Waals surface area contributed by atoms with E-state index in [4.69, 9.17) is 21.7 Å². The standard InChI is InChI=1S/C17H20N2O2S/c1-13(12-21-15-8-4-3-5-9-15)18-17(22)19-14-7-6-10-16(11-14)20-2/h3-11,13H,12H2,1-2H3,(H2,18,19,22)/t13-/m1/s1. The van der Waals surface area contributed by atoms with Crippen molar-refractivity contribution in [1.82, 2.24) is 5.32 Å². The van der Waals surface area contributed by atoms with Gasteiger partial charge in [0.2, 0.25) is 0 Å². The molecular formula is C17H20N2O2S. The van der Waals surface area contributed by atoms with Gasteiger partial charge in [-0.05, 0) is 43.4 Å². The topological polar surface area (TPSA) is 42.5 Å². The molecule has 0 aliphatic carbocycles. The van der Waals surface area contributed by atoms with Gasteiger partial charge < -0.3 is 20.1 Å². The molecule has 0 aliphatic rings. The van der Waals surface area contributed by atoms with Crippen molar-refractivity contribution < 1.29 is 9.47 Å². The number of methoxy groups -OCH3 is 1. The van der Waals surface area contributed by atoms with Crippen LogP contribution in [0.3, 0.4) is 0 Å². The normalized spacial score (nSPS) is 11.4. The molecule has 0 saturated carbocycles. The Kier molecular flexibility index (Phi) is 6.03. The van der Waals surface area contributed by atoms with Crippen LogP contribution in [0.4, 0.5) is 5.69 Å². The van der Waals surface area contributed by atoms with E-state index in [1.54, 1.807) is 7.11 Å². The molecule has 0 amide bonds. The van der Waals surface area contributed by atoms with Gasteiger partial charge in [0, 0.05) is 11.8 Å². The van der Waals surface area contributed by atoms with Gasteiger partial charge in [0.1, 0.15) is 18.1 Å². The molecule has 0 aromatic heterocycles. The van der Waals surface area contributed by atoms with Gasteiger partial charge >= 0.3 is 0 Å². The van der Waals surface area contributed by atoms with Crippen LogP contribution < -0.4 is 20.1 Å². The fourth-order valence-electron chi connectivity index (χ4n) is 1.87. The molecule has 0 fully saturated rings. The highest BCUT2D eigenvalue weighted by atomic mass is 32.1. The molecule has 0 unspecified atom stereocenters. The van der Waals surface area contributed by atoms with Crippen molar-refractivity contribution in [2.45, 2.75) is 13.0 Å². The molecule has 2 aromatic rings. The minimum atomic E-state index is 0.0887. The second-order valence-electron chi connectivity index (χ2n) is 4.86. The Hall–Kier alpha value is -2.27. The van der Waals surface area contributed by atoms with Crippen LogP contribution in [0.1, 0.15) is 6.92 Å².